The molecule has 1 fully saturated rings. The monoisotopic (exact) mass is 304 g/mol. The van der Waals surface area contributed by atoms with Gasteiger partial charge in [0.05, 0.1) is 0 Å². The number of carbonyl (C=O) groups excluding carboxylic acids is 1. The quantitative estimate of drug-likeness (QED) is 0.810. The number of ether oxygens (including phenoxy) is 1. The smallest absolute Gasteiger partial charge is 0.263 e. The summed E-state index contributed by atoms with van der Waals surface area (Å²) in [6.45, 7) is 10.9. The molecule has 0 spiro atoms. The van der Waals surface area contributed by atoms with Crippen LogP contribution in [0, 0.1) is 0 Å². The fourth-order valence-corrected chi connectivity index (χ4v) is 2.76. The van der Waals surface area contributed by atoms with Crippen molar-refractivity contribution in [2.75, 3.05) is 32.7 Å². The van der Waals surface area contributed by atoms with Crippen LogP contribution in [0.15, 0.2) is 24.3 Å². The molecule has 0 bridgehead atoms. The zero-order valence-corrected chi connectivity index (χ0v) is 14.0. The van der Waals surface area contributed by atoms with E-state index in [4.69, 9.17) is 4.74 Å². The minimum Gasteiger partial charge on any atom is -0.481 e. The van der Waals surface area contributed by atoms with E-state index in [-0.39, 0.29) is 12.0 Å². The van der Waals surface area contributed by atoms with Gasteiger partial charge in [-0.3, -0.25) is 4.79 Å². The van der Waals surface area contributed by atoms with E-state index in [1.165, 1.54) is 5.56 Å². The highest BCUT2D eigenvalue weighted by atomic mass is 16.5. The number of hydrogen-bond donors (Lipinski definition) is 0. The van der Waals surface area contributed by atoms with Crippen LogP contribution in [-0.2, 0) is 11.2 Å². The lowest BCUT2D eigenvalue weighted by Gasteiger charge is -2.35. The molecule has 1 aromatic rings. The Labute approximate surface area is 134 Å². The molecule has 1 unspecified atom stereocenters. The predicted octanol–water partition coefficient (Wildman–Crippen LogP) is 2.57. The van der Waals surface area contributed by atoms with Crippen LogP contribution < -0.4 is 4.74 Å². The molecule has 0 aliphatic carbocycles. The van der Waals surface area contributed by atoms with E-state index < -0.39 is 0 Å². The molecule has 1 heterocycles. The summed E-state index contributed by atoms with van der Waals surface area (Å²) in [4.78, 5) is 16.9. The third kappa shape index (κ3) is 4.23. The summed E-state index contributed by atoms with van der Waals surface area (Å²) >= 11 is 0. The molecule has 4 nitrogen and oxygen atoms in total. The molecule has 0 saturated carbocycles. The fraction of sp³-hybridized carbons (Fsp3) is 0.611. The standard InChI is InChI=1S/C18H28N2O2/c1-4-15-7-9-16(10-8-15)22-17(5-2)18(21)20-13-11-19(6-3)12-14-20/h7-10,17H,4-6,11-14H2,1-3H3. The zero-order valence-electron chi connectivity index (χ0n) is 14.0. The second-order valence-corrected chi connectivity index (χ2v) is 5.77. The van der Waals surface area contributed by atoms with Crippen LogP contribution in [-0.4, -0.2) is 54.5 Å². The van der Waals surface area contributed by atoms with Crippen molar-refractivity contribution in [3.8, 4) is 5.75 Å². The lowest BCUT2D eigenvalue weighted by molar-refractivity contribution is -0.140. The molecule has 0 N–H and O–H groups in total. The molecule has 1 aliphatic rings. The van der Waals surface area contributed by atoms with Crippen molar-refractivity contribution in [1.82, 2.24) is 9.80 Å². The molecule has 1 atom stereocenters. The van der Waals surface area contributed by atoms with Gasteiger partial charge in [0, 0.05) is 26.2 Å². The minimum atomic E-state index is -0.374. The number of piperazine rings is 1. The third-order valence-corrected chi connectivity index (χ3v) is 4.39. The number of rotatable bonds is 6. The predicted molar refractivity (Wildman–Crippen MR) is 89.2 cm³/mol. The minimum absolute atomic E-state index is 0.123. The van der Waals surface area contributed by atoms with E-state index in [0.717, 1.165) is 44.9 Å². The van der Waals surface area contributed by atoms with Crippen molar-refractivity contribution in [1.29, 1.82) is 0 Å². The second-order valence-electron chi connectivity index (χ2n) is 5.77. The first-order valence-corrected chi connectivity index (χ1v) is 8.44. The largest absolute Gasteiger partial charge is 0.481 e. The van der Waals surface area contributed by atoms with Crippen LogP contribution in [0.25, 0.3) is 0 Å². The highest BCUT2D eigenvalue weighted by molar-refractivity contribution is 5.81. The Hall–Kier alpha value is -1.55. The van der Waals surface area contributed by atoms with Crippen LogP contribution in [0.4, 0.5) is 0 Å². The number of likely N-dealkylation sites (N-methyl/N-ethyl adjacent to an activating group) is 1. The summed E-state index contributed by atoms with van der Waals surface area (Å²) < 4.78 is 5.93. The third-order valence-electron chi connectivity index (χ3n) is 4.39. The number of nitrogens with zero attached hydrogens (tertiary/aromatic N) is 2. The van der Waals surface area contributed by atoms with Crippen LogP contribution in [0.3, 0.4) is 0 Å². The zero-order chi connectivity index (χ0) is 15.9. The Kier molecular flexibility index (Phi) is 6.25. The van der Waals surface area contributed by atoms with Crippen LogP contribution in [0.2, 0.25) is 0 Å². The van der Waals surface area contributed by atoms with Gasteiger partial charge in [0.2, 0.25) is 0 Å². The van der Waals surface area contributed by atoms with Crippen molar-refractivity contribution in [2.45, 2.75) is 39.7 Å². The van der Waals surface area contributed by atoms with Crippen molar-refractivity contribution in [3.63, 3.8) is 0 Å². The van der Waals surface area contributed by atoms with Crippen molar-refractivity contribution < 1.29 is 9.53 Å². The van der Waals surface area contributed by atoms with Crippen LogP contribution in [0.5, 0.6) is 5.75 Å². The molecular weight excluding hydrogens is 276 g/mol. The Morgan fingerprint density at radius 1 is 1.09 bits per heavy atom. The summed E-state index contributed by atoms with van der Waals surface area (Å²) in [5.74, 6) is 0.905. The normalized spacial score (nSPS) is 17.3. The number of aryl methyl sites for hydroxylation is 1. The van der Waals surface area contributed by atoms with Crippen molar-refractivity contribution >= 4 is 5.91 Å². The summed E-state index contributed by atoms with van der Waals surface area (Å²) in [5, 5.41) is 0. The maximum Gasteiger partial charge on any atom is 0.263 e. The van der Waals surface area contributed by atoms with Gasteiger partial charge in [-0.05, 0) is 37.1 Å². The Morgan fingerprint density at radius 3 is 2.23 bits per heavy atom. The van der Waals surface area contributed by atoms with Crippen LogP contribution in [0.1, 0.15) is 32.8 Å². The topological polar surface area (TPSA) is 32.8 Å². The number of carbonyl (C=O) groups is 1. The summed E-state index contributed by atoms with van der Waals surface area (Å²) in [7, 11) is 0. The highest BCUT2D eigenvalue weighted by Gasteiger charge is 2.27. The lowest BCUT2D eigenvalue weighted by Crippen LogP contribution is -2.52. The SMILES string of the molecule is CCc1ccc(OC(CC)C(=O)N2CCN(CC)CC2)cc1. The molecular formula is C18H28N2O2. The maximum atomic E-state index is 12.6. The van der Waals surface area contributed by atoms with Gasteiger partial charge in [-0.15, -0.1) is 0 Å². The Morgan fingerprint density at radius 2 is 1.73 bits per heavy atom. The molecule has 1 saturated heterocycles. The van der Waals surface area contributed by atoms with E-state index in [0.29, 0.717) is 6.42 Å². The van der Waals surface area contributed by atoms with Gasteiger partial charge in [0.1, 0.15) is 5.75 Å². The van der Waals surface area contributed by atoms with Gasteiger partial charge in [-0.2, -0.15) is 0 Å². The van der Waals surface area contributed by atoms with Crippen molar-refractivity contribution in [3.05, 3.63) is 29.8 Å². The van der Waals surface area contributed by atoms with E-state index in [9.17, 15) is 4.79 Å². The van der Waals surface area contributed by atoms with Gasteiger partial charge in [0.15, 0.2) is 6.10 Å². The van der Waals surface area contributed by atoms with Gasteiger partial charge in [-0.1, -0.05) is 32.9 Å². The average molecular weight is 304 g/mol. The molecule has 1 amide bonds. The van der Waals surface area contributed by atoms with E-state index in [2.05, 4.69) is 30.9 Å². The van der Waals surface area contributed by atoms with Crippen molar-refractivity contribution in [2.24, 2.45) is 0 Å². The number of benzene rings is 1. The number of hydrogen-bond acceptors (Lipinski definition) is 3. The summed E-state index contributed by atoms with van der Waals surface area (Å²) in [5.41, 5.74) is 1.28. The number of amides is 1. The molecule has 2 rings (SSSR count). The highest BCUT2D eigenvalue weighted by Crippen LogP contribution is 2.17. The summed E-state index contributed by atoms with van der Waals surface area (Å²) in [6.07, 6.45) is 1.33. The average Bonchev–Trinajstić information content (AvgIpc) is 2.59. The van der Waals surface area contributed by atoms with Gasteiger partial charge < -0.3 is 14.5 Å². The van der Waals surface area contributed by atoms with E-state index >= 15 is 0 Å². The Balaban J connectivity index is 1.93. The molecule has 122 valence electrons. The molecule has 0 aromatic heterocycles. The molecule has 1 aliphatic heterocycles. The van der Waals surface area contributed by atoms with Gasteiger partial charge in [-0.25, -0.2) is 0 Å². The molecule has 0 radical (unpaired) electrons. The fourth-order valence-electron chi connectivity index (χ4n) is 2.76. The molecule has 4 heteroatoms. The maximum absolute atomic E-state index is 12.6. The Bertz CT molecular complexity index is 464. The molecule has 1 aromatic carbocycles. The molecule has 22 heavy (non-hydrogen) atoms. The first kappa shape index (κ1) is 16.8. The van der Waals surface area contributed by atoms with E-state index in [1.54, 1.807) is 0 Å². The van der Waals surface area contributed by atoms with Gasteiger partial charge in [0.25, 0.3) is 5.91 Å². The first-order chi connectivity index (χ1) is 10.7. The summed E-state index contributed by atoms with van der Waals surface area (Å²) in [6, 6.07) is 8.05. The van der Waals surface area contributed by atoms with Crippen LogP contribution >= 0.6 is 0 Å². The first-order valence-electron chi connectivity index (χ1n) is 8.44. The van der Waals surface area contributed by atoms with E-state index in [1.807, 2.05) is 24.0 Å². The lowest BCUT2D eigenvalue weighted by atomic mass is 10.1. The second kappa shape index (κ2) is 8.18. The van der Waals surface area contributed by atoms with Gasteiger partial charge >= 0.3 is 0 Å².